The van der Waals surface area contributed by atoms with Gasteiger partial charge in [-0.25, -0.2) is 9.48 Å². The highest BCUT2D eigenvalue weighted by Gasteiger charge is 2.23. The zero-order valence-corrected chi connectivity index (χ0v) is 14.1. The number of allylic oxidation sites excluding steroid dienone is 2. The van der Waals surface area contributed by atoms with Gasteiger partial charge >= 0.3 is 5.97 Å². The van der Waals surface area contributed by atoms with E-state index in [4.69, 9.17) is 9.47 Å². The van der Waals surface area contributed by atoms with Gasteiger partial charge in [0.2, 0.25) is 5.88 Å². The molecule has 0 saturated heterocycles. The van der Waals surface area contributed by atoms with Gasteiger partial charge in [0.1, 0.15) is 0 Å². The quantitative estimate of drug-likeness (QED) is 0.760. The van der Waals surface area contributed by atoms with Crippen molar-refractivity contribution in [3.63, 3.8) is 0 Å². The number of carbonyl (C=O) groups excluding carboxylic acids is 1. The normalized spacial score (nSPS) is 13.7. The minimum absolute atomic E-state index is 0.119. The number of hydrogen-bond donors (Lipinski definition) is 0. The Kier molecular flexibility index (Phi) is 4.99. The molecule has 0 aliphatic heterocycles. The average Bonchev–Trinajstić information content (AvgIpc) is 3.21. The van der Waals surface area contributed by atoms with Crippen LogP contribution >= 0.6 is 0 Å². The van der Waals surface area contributed by atoms with Crippen LogP contribution in [-0.4, -0.2) is 29.0 Å². The molecule has 0 bridgehead atoms. The summed E-state index contributed by atoms with van der Waals surface area (Å²) >= 11 is 0. The Morgan fingerprint density at radius 1 is 1.29 bits per heavy atom. The second-order valence-electron chi connectivity index (χ2n) is 5.73. The summed E-state index contributed by atoms with van der Waals surface area (Å²) in [5, 5.41) is 4.65. The third-order valence-electron chi connectivity index (χ3n) is 4.01. The van der Waals surface area contributed by atoms with E-state index in [0.29, 0.717) is 12.5 Å². The molecule has 2 aromatic rings. The van der Waals surface area contributed by atoms with E-state index in [1.165, 1.54) is 5.57 Å². The van der Waals surface area contributed by atoms with Crippen LogP contribution in [0.1, 0.15) is 37.4 Å². The molecule has 1 aromatic heterocycles. The van der Waals surface area contributed by atoms with Crippen molar-refractivity contribution in [1.29, 1.82) is 0 Å². The fraction of sp³-hybridized carbons (Fsp3) is 0.368. The van der Waals surface area contributed by atoms with Crippen molar-refractivity contribution < 1.29 is 14.3 Å². The van der Waals surface area contributed by atoms with Gasteiger partial charge in [0.15, 0.2) is 6.61 Å². The molecule has 0 unspecified atom stereocenters. The molecule has 24 heavy (non-hydrogen) atoms. The molecule has 1 aliphatic rings. The summed E-state index contributed by atoms with van der Waals surface area (Å²) < 4.78 is 12.6. The van der Waals surface area contributed by atoms with Gasteiger partial charge in [-0.3, -0.25) is 0 Å². The Labute approximate surface area is 141 Å². The number of aryl methyl sites for hydroxylation is 1. The van der Waals surface area contributed by atoms with Crippen LogP contribution in [0.3, 0.4) is 0 Å². The summed E-state index contributed by atoms with van der Waals surface area (Å²) in [6.45, 7) is 3.99. The van der Waals surface area contributed by atoms with Crippen LogP contribution in [0.15, 0.2) is 36.4 Å². The molecule has 0 spiro atoms. The minimum Gasteiger partial charge on any atom is -0.465 e. The fourth-order valence-corrected chi connectivity index (χ4v) is 2.98. The van der Waals surface area contributed by atoms with Gasteiger partial charge in [-0.15, -0.1) is 0 Å². The van der Waals surface area contributed by atoms with Crippen LogP contribution in [0, 0.1) is 6.92 Å². The molecule has 1 aliphatic carbocycles. The number of aromatic nitrogens is 2. The number of rotatable bonds is 6. The Hall–Kier alpha value is -2.56. The predicted octanol–water partition coefficient (Wildman–Crippen LogP) is 3.69. The number of carbonyl (C=O) groups is 1. The molecular weight excluding hydrogens is 304 g/mol. The maximum atomic E-state index is 11.7. The van der Waals surface area contributed by atoms with Crippen LogP contribution in [0.5, 0.6) is 5.88 Å². The Bertz CT molecular complexity index is 747. The summed E-state index contributed by atoms with van der Waals surface area (Å²) in [5.41, 5.74) is 4.06. The van der Waals surface area contributed by atoms with Crippen LogP contribution in [-0.2, 0) is 9.53 Å². The van der Waals surface area contributed by atoms with E-state index in [-0.39, 0.29) is 12.6 Å². The van der Waals surface area contributed by atoms with Crippen molar-refractivity contribution in [2.24, 2.45) is 0 Å². The van der Waals surface area contributed by atoms with Crippen molar-refractivity contribution in [3.05, 3.63) is 47.7 Å². The van der Waals surface area contributed by atoms with E-state index >= 15 is 0 Å². The summed E-state index contributed by atoms with van der Waals surface area (Å²) in [5.74, 6) is 0.238. The fourth-order valence-electron chi connectivity index (χ4n) is 2.98. The molecule has 0 fully saturated rings. The predicted molar refractivity (Wildman–Crippen MR) is 92.3 cm³/mol. The van der Waals surface area contributed by atoms with Crippen molar-refractivity contribution in [2.45, 2.75) is 33.1 Å². The standard InChI is InChI=1S/C19H22N2O3/c1-3-23-17(22)13-24-19-18(15-9-7-8-10-15)14(2)20-21(19)16-11-5-4-6-12-16/h4-6,9,11-12H,3,7-8,10,13H2,1-2H3. The second-order valence-corrected chi connectivity index (χ2v) is 5.73. The number of para-hydroxylation sites is 1. The number of ether oxygens (including phenoxy) is 2. The lowest BCUT2D eigenvalue weighted by Gasteiger charge is -2.11. The monoisotopic (exact) mass is 326 g/mol. The third kappa shape index (κ3) is 3.35. The smallest absolute Gasteiger partial charge is 0.344 e. The first-order chi connectivity index (χ1) is 11.7. The molecule has 126 valence electrons. The highest BCUT2D eigenvalue weighted by molar-refractivity contribution is 5.75. The van der Waals surface area contributed by atoms with Gasteiger partial charge in [-0.1, -0.05) is 24.3 Å². The maximum Gasteiger partial charge on any atom is 0.344 e. The van der Waals surface area contributed by atoms with Crippen molar-refractivity contribution >= 4 is 11.5 Å². The van der Waals surface area contributed by atoms with Crippen molar-refractivity contribution in [1.82, 2.24) is 9.78 Å². The summed E-state index contributed by atoms with van der Waals surface area (Å²) in [6.07, 6.45) is 5.46. The molecule has 5 nitrogen and oxygen atoms in total. The Morgan fingerprint density at radius 2 is 2.08 bits per heavy atom. The van der Waals surface area contributed by atoms with Crippen molar-refractivity contribution in [3.8, 4) is 11.6 Å². The van der Waals surface area contributed by atoms with E-state index < -0.39 is 0 Å². The van der Waals surface area contributed by atoms with Crippen molar-refractivity contribution in [2.75, 3.05) is 13.2 Å². The van der Waals surface area contributed by atoms with Crippen LogP contribution in [0.2, 0.25) is 0 Å². The summed E-state index contributed by atoms with van der Waals surface area (Å²) in [4.78, 5) is 11.7. The van der Waals surface area contributed by atoms with E-state index in [2.05, 4.69) is 11.2 Å². The van der Waals surface area contributed by atoms with Gasteiger partial charge in [0.05, 0.1) is 23.6 Å². The summed E-state index contributed by atoms with van der Waals surface area (Å²) in [6, 6.07) is 9.80. The Balaban J connectivity index is 1.99. The van der Waals surface area contributed by atoms with Crippen LogP contribution in [0.4, 0.5) is 0 Å². The SMILES string of the molecule is CCOC(=O)COc1c(C2=CCCC2)c(C)nn1-c1ccccc1. The Morgan fingerprint density at radius 3 is 2.75 bits per heavy atom. The summed E-state index contributed by atoms with van der Waals surface area (Å²) in [7, 11) is 0. The molecule has 5 heteroatoms. The zero-order valence-electron chi connectivity index (χ0n) is 14.1. The van der Waals surface area contributed by atoms with E-state index in [0.717, 1.165) is 36.2 Å². The number of esters is 1. The van der Waals surface area contributed by atoms with Crippen LogP contribution in [0.25, 0.3) is 11.3 Å². The molecule has 0 radical (unpaired) electrons. The van der Waals surface area contributed by atoms with Gasteiger partial charge in [-0.05, 0) is 50.8 Å². The van der Waals surface area contributed by atoms with Crippen LogP contribution < -0.4 is 4.74 Å². The molecule has 1 heterocycles. The zero-order chi connectivity index (χ0) is 16.9. The first-order valence-electron chi connectivity index (χ1n) is 8.33. The molecular formula is C19H22N2O3. The number of benzene rings is 1. The number of hydrogen-bond acceptors (Lipinski definition) is 4. The lowest BCUT2D eigenvalue weighted by Crippen LogP contribution is -2.16. The van der Waals surface area contributed by atoms with Gasteiger partial charge < -0.3 is 9.47 Å². The van der Waals surface area contributed by atoms with Gasteiger partial charge in [-0.2, -0.15) is 5.10 Å². The highest BCUT2D eigenvalue weighted by Crippen LogP contribution is 2.37. The first kappa shape index (κ1) is 16.3. The molecule has 1 aromatic carbocycles. The molecule has 0 N–H and O–H groups in total. The lowest BCUT2D eigenvalue weighted by molar-refractivity contribution is -0.145. The average molecular weight is 326 g/mol. The molecule has 3 rings (SSSR count). The largest absolute Gasteiger partial charge is 0.465 e. The third-order valence-corrected chi connectivity index (χ3v) is 4.01. The highest BCUT2D eigenvalue weighted by atomic mass is 16.6. The first-order valence-corrected chi connectivity index (χ1v) is 8.33. The maximum absolute atomic E-state index is 11.7. The van der Waals surface area contributed by atoms with E-state index in [9.17, 15) is 4.79 Å². The topological polar surface area (TPSA) is 53.4 Å². The molecule has 0 amide bonds. The second kappa shape index (κ2) is 7.34. The van der Waals surface area contributed by atoms with E-state index in [1.54, 1.807) is 11.6 Å². The van der Waals surface area contributed by atoms with Gasteiger partial charge in [0.25, 0.3) is 0 Å². The molecule has 0 saturated carbocycles. The molecule has 0 atom stereocenters. The number of nitrogens with zero attached hydrogens (tertiary/aromatic N) is 2. The lowest BCUT2D eigenvalue weighted by atomic mass is 10.1. The van der Waals surface area contributed by atoms with Gasteiger partial charge in [0, 0.05) is 0 Å². The van der Waals surface area contributed by atoms with E-state index in [1.807, 2.05) is 37.3 Å². The minimum atomic E-state index is -0.373.